The first-order valence-electron chi connectivity index (χ1n) is 7.51. The fourth-order valence-corrected chi connectivity index (χ4v) is 2.07. The molecule has 1 aromatic carbocycles. The van der Waals surface area contributed by atoms with Crippen LogP contribution >= 0.6 is 0 Å². The molecule has 0 aliphatic rings. The first kappa shape index (κ1) is 18.6. The van der Waals surface area contributed by atoms with Gasteiger partial charge in [0, 0.05) is 25.3 Å². The molecule has 0 saturated carbocycles. The van der Waals surface area contributed by atoms with Gasteiger partial charge in [0.05, 0.1) is 17.9 Å². The van der Waals surface area contributed by atoms with E-state index in [1.54, 1.807) is 45.3 Å². The third-order valence-electron chi connectivity index (χ3n) is 3.30. The summed E-state index contributed by atoms with van der Waals surface area (Å²) in [6, 6.07) is 8.32. The Morgan fingerprint density at radius 2 is 1.84 bits per heavy atom. The molecule has 25 heavy (non-hydrogen) atoms. The lowest BCUT2D eigenvalue weighted by Crippen LogP contribution is -2.14. The van der Waals surface area contributed by atoms with Crippen molar-refractivity contribution >= 4 is 17.6 Å². The highest BCUT2D eigenvalue weighted by atomic mass is 19.4. The second-order valence-electron chi connectivity index (χ2n) is 5.41. The Bertz CT molecular complexity index is 744. The number of hydrogen-bond donors (Lipinski definition) is 1. The molecular formula is C17H18F3N3O2. The van der Waals surface area contributed by atoms with Crippen molar-refractivity contribution in [3.05, 3.63) is 42.0 Å². The van der Waals surface area contributed by atoms with Crippen molar-refractivity contribution < 1.29 is 22.7 Å². The third-order valence-corrected chi connectivity index (χ3v) is 3.30. The minimum atomic E-state index is -4.46. The van der Waals surface area contributed by atoms with Gasteiger partial charge >= 0.3 is 12.3 Å². The van der Waals surface area contributed by atoms with Crippen LogP contribution in [0.2, 0.25) is 0 Å². The summed E-state index contributed by atoms with van der Waals surface area (Å²) >= 11 is 0. The van der Waals surface area contributed by atoms with Gasteiger partial charge in [-0.25, -0.2) is 9.78 Å². The molecule has 8 heteroatoms. The minimum absolute atomic E-state index is 0.196. The summed E-state index contributed by atoms with van der Waals surface area (Å²) in [5.74, 6) is 0.207. The van der Waals surface area contributed by atoms with E-state index >= 15 is 0 Å². The van der Waals surface area contributed by atoms with Crippen LogP contribution in [0.5, 0.6) is 0 Å². The summed E-state index contributed by atoms with van der Waals surface area (Å²) in [7, 11) is 3.25. The quantitative estimate of drug-likeness (QED) is 0.885. The van der Waals surface area contributed by atoms with Gasteiger partial charge in [0.15, 0.2) is 0 Å². The van der Waals surface area contributed by atoms with Crippen LogP contribution < -0.4 is 10.2 Å². The highest BCUT2D eigenvalue weighted by Gasteiger charge is 2.32. The van der Waals surface area contributed by atoms with Crippen molar-refractivity contribution in [2.45, 2.75) is 13.1 Å². The largest absolute Gasteiger partial charge is 0.450 e. The second-order valence-corrected chi connectivity index (χ2v) is 5.41. The number of hydrogen-bond acceptors (Lipinski definition) is 4. The van der Waals surface area contributed by atoms with E-state index in [0.29, 0.717) is 11.3 Å². The third kappa shape index (κ3) is 4.85. The Balaban J connectivity index is 2.34. The van der Waals surface area contributed by atoms with E-state index in [4.69, 9.17) is 4.74 Å². The summed E-state index contributed by atoms with van der Waals surface area (Å²) in [6.45, 7) is 1.93. The maximum Gasteiger partial charge on any atom is 0.416 e. The molecule has 2 rings (SSSR count). The summed E-state index contributed by atoms with van der Waals surface area (Å²) in [6.07, 6.45) is -5.06. The van der Waals surface area contributed by atoms with E-state index in [1.165, 1.54) is 4.90 Å². The average Bonchev–Trinajstić information content (AvgIpc) is 2.54. The Hall–Kier alpha value is -2.77. The van der Waals surface area contributed by atoms with Crippen molar-refractivity contribution in [2.75, 3.05) is 30.9 Å². The van der Waals surface area contributed by atoms with E-state index < -0.39 is 17.8 Å². The molecule has 134 valence electrons. The molecule has 0 fully saturated rings. The summed E-state index contributed by atoms with van der Waals surface area (Å²) in [5.41, 5.74) is 0.404. The molecule has 1 amide bonds. The monoisotopic (exact) mass is 353 g/mol. The van der Waals surface area contributed by atoms with Crippen LogP contribution in [0.3, 0.4) is 0 Å². The molecule has 5 nitrogen and oxygen atoms in total. The normalized spacial score (nSPS) is 11.1. The number of nitrogens with zero attached hydrogens (tertiary/aromatic N) is 2. The molecular weight excluding hydrogens is 335 g/mol. The number of nitrogens with one attached hydrogen (secondary N) is 1. The maximum absolute atomic E-state index is 13.1. The Morgan fingerprint density at radius 1 is 1.20 bits per heavy atom. The van der Waals surface area contributed by atoms with Crippen molar-refractivity contribution in [1.29, 1.82) is 0 Å². The summed E-state index contributed by atoms with van der Waals surface area (Å²) < 4.78 is 44.1. The van der Waals surface area contributed by atoms with Gasteiger partial charge in [0.2, 0.25) is 0 Å². The molecule has 0 spiro atoms. The number of halogens is 3. The number of benzene rings is 1. The van der Waals surface area contributed by atoms with Crippen LogP contribution in [0.4, 0.5) is 29.5 Å². The van der Waals surface area contributed by atoms with Gasteiger partial charge in [0.1, 0.15) is 5.82 Å². The maximum atomic E-state index is 13.1. The molecule has 0 saturated heterocycles. The second kappa shape index (κ2) is 7.42. The SMILES string of the molecule is CCOC(=O)Nc1ccc(-c2cc(C(F)(F)F)cc(N(C)C)n2)cc1. The zero-order valence-corrected chi connectivity index (χ0v) is 14.0. The van der Waals surface area contributed by atoms with Gasteiger partial charge in [-0.2, -0.15) is 13.2 Å². The standard InChI is InChI=1S/C17H18F3N3O2/c1-4-25-16(24)21-13-7-5-11(6-8-13)14-9-12(17(18,19)20)10-15(22-14)23(2)3/h5-10H,4H2,1-3H3,(H,21,24). The average molecular weight is 353 g/mol. The van der Waals surface area contributed by atoms with E-state index in [1.807, 2.05) is 0 Å². The zero-order chi connectivity index (χ0) is 18.6. The number of carbonyl (C=O) groups excluding carboxylic acids is 1. The number of amides is 1. The van der Waals surface area contributed by atoms with Crippen molar-refractivity contribution in [3.8, 4) is 11.3 Å². The first-order valence-corrected chi connectivity index (χ1v) is 7.51. The number of carbonyl (C=O) groups is 1. The van der Waals surface area contributed by atoms with Crippen molar-refractivity contribution in [3.63, 3.8) is 0 Å². The molecule has 0 aliphatic heterocycles. The topological polar surface area (TPSA) is 54.5 Å². The number of rotatable bonds is 4. The van der Waals surface area contributed by atoms with E-state index in [-0.39, 0.29) is 18.1 Å². The number of ether oxygens (including phenoxy) is 1. The Morgan fingerprint density at radius 3 is 2.36 bits per heavy atom. The van der Waals surface area contributed by atoms with Crippen LogP contribution in [-0.4, -0.2) is 31.8 Å². The first-order chi connectivity index (χ1) is 11.7. The molecule has 2 aromatic rings. The van der Waals surface area contributed by atoms with E-state index in [2.05, 4.69) is 10.3 Å². The van der Waals surface area contributed by atoms with Crippen LogP contribution in [0.1, 0.15) is 12.5 Å². The van der Waals surface area contributed by atoms with Crippen LogP contribution in [0, 0.1) is 0 Å². The molecule has 0 unspecified atom stereocenters. The highest BCUT2D eigenvalue weighted by Crippen LogP contribution is 2.34. The van der Waals surface area contributed by atoms with Gasteiger partial charge in [-0.3, -0.25) is 5.32 Å². The fourth-order valence-electron chi connectivity index (χ4n) is 2.07. The number of alkyl halides is 3. The molecule has 1 aromatic heterocycles. The van der Waals surface area contributed by atoms with E-state index in [0.717, 1.165) is 12.1 Å². The lowest BCUT2D eigenvalue weighted by Gasteiger charge is -2.16. The van der Waals surface area contributed by atoms with Crippen LogP contribution in [-0.2, 0) is 10.9 Å². The number of aromatic nitrogens is 1. The Kier molecular flexibility index (Phi) is 5.51. The van der Waals surface area contributed by atoms with Gasteiger partial charge in [-0.05, 0) is 31.2 Å². The molecule has 0 bridgehead atoms. The molecule has 1 heterocycles. The van der Waals surface area contributed by atoms with Gasteiger partial charge in [0.25, 0.3) is 0 Å². The number of pyridine rings is 1. The predicted molar refractivity (Wildman–Crippen MR) is 89.6 cm³/mol. The highest BCUT2D eigenvalue weighted by molar-refractivity contribution is 5.85. The molecule has 0 aliphatic carbocycles. The van der Waals surface area contributed by atoms with Gasteiger partial charge in [-0.1, -0.05) is 12.1 Å². The number of anilines is 2. The van der Waals surface area contributed by atoms with Gasteiger partial charge in [-0.15, -0.1) is 0 Å². The van der Waals surface area contributed by atoms with E-state index in [9.17, 15) is 18.0 Å². The van der Waals surface area contributed by atoms with Crippen molar-refractivity contribution in [2.24, 2.45) is 0 Å². The Labute approximate surface area is 143 Å². The smallest absolute Gasteiger partial charge is 0.416 e. The molecule has 1 N–H and O–H groups in total. The summed E-state index contributed by atoms with van der Waals surface area (Å²) in [4.78, 5) is 17.1. The zero-order valence-electron chi connectivity index (χ0n) is 14.0. The fraction of sp³-hybridized carbons (Fsp3) is 0.294. The molecule has 0 radical (unpaired) electrons. The molecule has 0 atom stereocenters. The minimum Gasteiger partial charge on any atom is -0.450 e. The van der Waals surface area contributed by atoms with Crippen molar-refractivity contribution in [1.82, 2.24) is 4.98 Å². The summed E-state index contributed by atoms with van der Waals surface area (Å²) in [5, 5.41) is 2.52. The van der Waals surface area contributed by atoms with Crippen LogP contribution in [0.15, 0.2) is 36.4 Å². The lowest BCUT2D eigenvalue weighted by atomic mass is 10.1. The van der Waals surface area contributed by atoms with Gasteiger partial charge < -0.3 is 9.64 Å². The predicted octanol–water partition coefficient (Wildman–Crippen LogP) is 4.40. The lowest BCUT2D eigenvalue weighted by molar-refractivity contribution is -0.137. The van der Waals surface area contributed by atoms with Crippen LogP contribution in [0.25, 0.3) is 11.3 Å².